The number of alkyl halides is 3. The van der Waals surface area contributed by atoms with Gasteiger partial charge in [-0.2, -0.15) is 13.2 Å². The number of rotatable bonds is 11. The van der Waals surface area contributed by atoms with Crippen LogP contribution in [-0.2, 0) is 23.1 Å². The molecule has 0 aromatic carbocycles. The number of hydrogen-bond acceptors (Lipinski definition) is 7. The Morgan fingerprint density at radius 2 is 1.73 bits per heavy atom. The Kier molecular flexibility index (Phi) is 12.0. The van der Waals surface area contributed by atoms with E-state index in [1.807, 2.05) is 5.32 Å². The minimum absolute atomic E-state index is 0.0285. The SMILES string of the molecule is CCOC(=S)SC(CC(NC(C)=O)C(F)(F)F)CP(=O)(OCC)OCC. The van der Waals surface area contributed by atoms with Crippen molar-refractivity contribution in [3.8, 4) is 0 Å². The van der Waals surface area contributed by atoms with E-state index in [4.69, 9.17) is 26.0 Å². The van der Waals surface area contributed by atoms with Crippen molar-refractivity contribution in [1.29, 1.82) is 0 Å². The van der Waals surface area contributed by atoms with Gasteiger partial charge in [0.05, 0.1) is 26.0 Å². The molecule has 0 aliphatic carbocycles. The Balaban J connectivity index is 5.44. The summed E-state index contributed by atoms with van der Waals surface area (Å²) < 4.78 is 67.9. The standard InChI is InChI=1S/C14H25F3NO5PS2/c1-5-21-13(25)26-11(9-24(20,22-6-2)23-7-3)8-12(14(15,16)17)18-10(4)19/h11-12H,5-9H2,1-4H3,(H,18,19). The zero-order valence-electron chi connectivity index (χ0n) is 15.1. The molecular weight excluding hydrogens is 414 g/mol. The van der Waals surface area contributed by atoms with Crippen molar-refractivity contribution in [1.82, 2.24) is 5.32 Å². The van der Waals surface area contributed by atoms with Gasteiger partial charge in [-0.05, 0) is 39.4 Å². The van der Waals surface area contributed by atoms with Crippen LogP contribution in [0.4, 0.5) is 13.2 Å². The molecule has 0 heterocycles. The molecule has 0 aliphatic heterocycles. The fraction of sp³-hybridized carbons (Fsp3) is 0.857. The largest absolute Gasteiger partial charge is 0.479 e. The van der Waals surface area contributed by atoms with Gasteiger partial charge in [0.2, 0.25) is 10.3 Å². The summed E-state index contributed by atoms with van der Waals surface area (Å²) in [5.41, 5.74) is 0. The first kappa shape index (κ1) is 25.6. The number of nitrogens with one attached hydrogen (secondary N) is 1. The molecule has 26 heavy (non-hydrogen) atoms. The Hall–Kier alpha value is -0.350. The average Bonchev–Trinajstić information content (AvgIpc) is 2.45. The molecular formula is C14H25F3NO5PS2. The Bertz CT molecular complexity index is 497. The van der Waals surface area contributed by atoms with Gasteiger partial charge >= 0.3 is 13.8 Å². The average molecular weight is 439 g/mol. The highest BCUT2D eigenvalue weighted by atomic mass is 32.2. The van der Waals surface area contributed by atoms with Crippen molar-refractivity contribution in [3.63, 3.8) is 0 Å². The number of carbonyl (C=O) groups is 1. The molecule has 0 bridgehead atoms. The van der Waals surface area contributed by atoms with Gasteiger partial charge in [-0.1, -0.05) is 11.8 Å². The van der Waals surface area contributed by atoms with Crippen molar-refractivity contribution >= 4 is 41.9 Å². The van der Waals surface area contributed by atoms with Crippen molar-refractivity contribution < 1.29 is 36.3 Å². The van der Waals surface area contributed by atoms with Crippen molar-refractivity contribution in [2.45, 2.75) is 51.6 Å². The summed E-state index contributed by atoms with van der Waals surface area (Å²) in [7, 11) is -3.61. The second-order valence-corrected chi connectivity index (χ2v) is 9.09. The Labute approximate surface area is 161 Å². The van der Waals surface area contributed by atoms with Crippen LogP contribution in [0.3, 0.4) is 0 Å². The van der Waals surface area contributed by atoms with Gasteiger partial charge < -0.3 is 19.1 Å². The highest BCUT2D eigenvalue weighted by Gasteiger charge is 2.43. The highest BCUT2D eigenvalue weighted by Crippen LogP contribution is 2.51. The number of halogens is 3. The minimum Gasteiger partial charge on any atom is -0.479 e. The van der Waals surface area contributed by atoms with Crippen LogP contribution >= 0.6 is 31.6 Å². The molecule has 0 fully saturated rings. The number of thioether (sulfide) groups is 1. The number of carbonyl (C=O) groups excluding carboxylic acids is 1. The number of hydrogen-bond donors (Lipinski definition) is 1. The van der Waals surface area contributed by atoms with E-state index in [0.717, 1.165) is 18.7 Å². The lowest BCUT2D eigenvalue weighted by Crippen LogP contribution is -2.46. The van der Waals surface area contributed by atoms with E-state index < -0.39 is 37.4 Å². The lowest BCUT2D eigenvalue weighted by molar-refractivity contribution is -0.162. The topological polar surface area (TPSA) is 73.9 Å². The maximum absolute atomic E-state index is 13.2. The van der Waals surface area contributed by atoms with Crippen LogP contribution < -0.4 is 5.32 Å². The minimum atomic E-state index is -4.67. The van der Waals surface area contributed by atoms with E-state index in [1.54, 1.807) is 20.8 Å². The van der Waals surface area contributed by atoms with Gasteiger partial charge in [-0.15, -0.1) is 0 Å². The van der Waals surface area contributed by atoms with Crippen LogP contribution in [0.25, 0.3) is 0 Å². The first-order chi connectivity index (χ1) is 12.0. The van der Waals surface area contributed by atoms with Crippen LogP contribution in [0.2, 0.25) is 0 Å². The Morgan fingerprint density at radius 3 is 2.12 bits per heavy atom. The third kappa shape index (κ3) is 10.7. The van der Waals surface area contributed by atoms with E-state index in [2.05, 4.69) is 0 Å². The lowest BCUT2D eigenvalue weighted by atomic mass is 10.1. The third-order valence-corrected chi connectivity index (χ3v) is 6.72. The molecule has 0 rings (SSSR count). The molecule has 2 unspecified atom stereocenters. The fourth-order valence-corrected chi connectivity index (χ4v) is 5.85. The van der Waals surface area contributed by atoms with E-state index in [1.165, 1.54) is 0 Å². The van der Waals surface area contributed by atoms with E-state index >= 15 is 0 Å². The molecule has 2 atom stereocenters. The molecule has 12 heteroatoms. The van der Waals surface area contributed by atoms with Crippen molar-refractivity contribution in [2.24, 2.45) is 0 Å². The number of thiocarbonyl (C=S) groups is 1. The number of amides is 1. The van der Waals surface area contributed by atoms with Gasteiger partial charge in [0.25, 0.3) is 0 Å². The van der Waals surface area contributed by atoms with Gasteiger partial charge in [0, 0.05) is 12.2 Å². The maximum atomic E-state index is 13.2. The van der Waals surface area contributed by atoms with Gasteiger partial charge in [-0.3, -0.25) is 9.36 Å². The first-order valence-electron chi connectivity index (χ1n) is 8.02. The summed E-state index contributed by atoms with van der Waals surface area (Å²) in [6.45, 7) is 6.31. The second kappa shape index (κ2) is 12.2. The summed E-state index contributed by atoms with van der Waals surface area (Å²) in [4.78, 5) is 11.1. The first-order valence-corrected chi connectivity index (χ1v) is 11.0. The van der Waals surface area contributed by atoms with E-state index in [-0.39, 0.29) is 30.4 Å². The smallest absolute Gasteiger partial charge is 0.408 e. The van der Waals surface area contributed by atoms with Crippen LogP contribution in [-0.4, -0.2) is 53.7 Å². The van der Waals surface area contributed by atoms with Crippen LogP contribution in [0.1, 0.15) is 34.1 Å². The van der Waals surface area contributed by atoms with Crippen LogP contribution in [0.5, 0.6) is 0 Å². The second-order valence-electron chi connectivity index (χ2n) is 5.08. The summed E-state index contributed by atoms with van der Waals surface area (Å²) in [6.07, 6.45) is -5.51. The molecule has 0 aliphatic rings. The van der Waals surface area contributed by atoms with Crippen LogP contribution in [0.15, 0.2) is 0 Å². The maximum Gasteiger partial charge on any atom is 0.408 e. The molecule has 0 aromatic rings. The monoisotopic (exact) mass is 439 g/mol. The molecule has 0 saturated heterocycles. The molecule has 0 aromatic heterocycles. The molecule has 0 saturated carbocycles. The lowest BCUT2D eigenvalue weighted by Gasteiger charge is -2.27. The Morgan fingerprint density at radius 1 is 1.19 bits per heavy atom. The zero-order chi connectivity index (χ0) is 20.4. The summed E-state index contributed by atoms with van der Waals surface area (Å²) >= 11 is 5.83. The molecule has 154 valence electrons. The van der Waals surface area contributed by atoms with Gasteiger partial charge in [0.1, 0.15) is 6.04 Å². The summed E-state index contributed by atoms with van der Waals surface area (Å²) in [6, 6.07) is -2.11. The predicted molar refractivity (Wildman–Crippen MR) is 99.6 cm³/mol. The fourth-order valence-electron chi connectivity index (χ4n) is 2.02. The zero-order valence-corrected chi connectivity index (χ0v) is 17.7. The highest BCUT2D eigenvalue weighted by molar-refractivity contribution is 8.23. The van der Waals surface area contributed by atoms with Gasteiger partial charge in [-0.25, -0.2) is 0 Å². The van der Waals surface area contributed by atoms with E-state index in [9.17, 15) is 22.5 Å². The molecule has 1 amide bonds. The van der Waals surface area contributed by atoms with Crippen LogP contribution in [0, 0.1) is 0 Å². The van der Waals surface area contributed by atoms with Crippen molar-refractivity contribution in [2.75, 3.05) is 26.0 Å². The molecule has 0 radical (unpaired) electrons. The summed E-state index contributed by atoms with van der Waals surface area (Å²) in [5.74, 6) is -0.818. The van der Waals surface area contributed by atoms with Gasteiger partial charge in [0.15, 0.2) is 0 Å². The predicted octanol–water partition coefficient (Wildman–Crippen LogP) is 4.13. The summed E-state index contributed by atoms with van der Waals surface area (Å²) in [5, 5.41) is 0.980. The molecule has 0 spiro atoms. The quantitative estimate of drug-likeness (QED) is 0.383. The van der Waals surface area contributed by atoms with E-state index in [0.29, 0.717) is 0 Å². The normalized spacial score (nSPS) is 14.6. The molecule has 1 N–H and O–H groups in total. The van der Waals surface area contributed by atoms with Crippen molar-refractivity contribution in [3.05, 3.63) is 0 Å². The number of ether oxygens (including phenoxy) is 1. The third-order valence-electron chi connectivity index (χ3n) is 2.88. The molecule has 6 nitrogen and oxygen atoms in total.